The average Bonchev–Trinajstić information content (AvgIpc) is 3.28. The average molecular weight is 370 g/mol. The largest absolute Gasteiger partial charge is 0.340 e. The van der Waals surface area contributed by atoms with E-state index in [0.717, 1.165) is 29.7 Å². The summed E-state index contributed by atoms with van der Waals surface area (Å²) in [5, 5.41) is 0.0425. The van der Waals surface area contributed by atoms with Gasteiger partial charge in [0.2, 0.25) is 5.91 Å². The summed E-state index contributed by atoms with van der Waals surface area (Å²) in [6.45, 7) is 0.690. The number of aromatic nitrogens is 2. The second kappa shape index (κ2) is 6.92. The van der Waals surface area contributed by atoms with Crippen molar-refractivity contribution in [3.8, 4) is 0 Å². The second-order valence-corrected chi connectivity index (χ2v) is 6.74. The number of likely N-dealkylation sites (tertiary alicyclic amines) is 1. The number of carbonyl (C=O) groups is 1. The number of para-hydroxylation sites is 2. The molecule has 1 N–H and O–H groups in total. The van der Waals surface area contributed by atoms with E-state index in [1.807, 2.05) is 29.2 Å². The normalized spacial score (nSPS) is 17.5. The number of rotatable bonds is 3. The standard InChI is InChI=1S/C20H17ClFN3O/c21-14-12-13(7-9-15(14)22)8-10-19(26)25-11-3-6-18(25)20-23-16-4-1-2-5-17(16)24-20/h1-2,4-5,7-10,12,18H,3,6,11H2,(H,23,24). The van der Waals surface area contributed by atoms with Crippen LogP contribution in [-0.2, 0) is 4.79 Å². The molecule has 0 aliphatic carbocycles. The van der Waals surface area contributed by atoms with Crippen molar-refractivity contribution in [1.82, 2.24) is 14.9 Å². The minimum Gasteiger partial charge on any atom is -0.340 e. The fourth-order valence-corrected chi connectivity index (χ4v) is 3.51. The summed E-state index contributed by atoms with van der Waals surface area (Å²) >= 11 is 5.78. The summed E-state index contributed by atoms with van der Waals surface area (Å²) in [5.74, 6) is 0.253. The van der Waals surface area contributed by atoms with Crippen LogP contribution >= 0.6 is 11.6 Å². The van der Waals surface area contributed by atoms with Crippen LogP contribution in [0, 0.1) is 5.82 Å². The lowest BCUT2D eigenvalue weighted by Crippen LogP contribution is -2.29. The van der Waals surface area contributed by atoms with Gasteiger partial charge in [-0.1, -0.05) is 29.8 Å². The Bertz CT molecular complexity index is 965. The first-order chi connectivity index (χ1) is 12.6. The Labute approximate surface area is 155 Å². The summed E-state index contributed by atoms with van der Waals surface area (Å²) in [4.78, 5) is 22.4. The highest BCUT2D eigenvalue weighted by atomic mass is 35.5. The zero-order valence-electron chi connectivity index (χ0n) is 14.0. The third-order valence-electron chi connectivity index (χ3n) is 4.62. The van der Waals surface area contributed by atoms with Gasteiger partial charge in [0.15, 0.2) is 0 Å². The predicted molar refractivity (Wildman–Crippen MR) is 100 cm³/mol. The van der Waals surface area contributed by atoms with Crippen molar-refractivity contribution in [3.05, 3.63) is 70.8 Å². The molecule has 3 aromatic rings. The van der Waals surface area contributed by atoms with E-state index in [4.69, 9.17) is 11.6 Å². The van der Waals surface area contributed by atoms with Crippen molar-refractivity contribution in [2.24, 2.45) is 0 Å². The van der Waals surface area contributed by atoms with Gasteiger partial charge in [-0.25, -0.2) is 9.37 Å². The number of nitrogens with one attached hydrogen (secondary N) is 1. The van der Waals surface area contributed by atoms with Crippen molar-refractivity contribution < 1.29 is 9.18 Å². The molecule has 6 heteroatoms. The number of carbonyl (C=O) groups excluding carboxylic acids is 1. The van der Waals surface area contributed by atoms with E-state index < -0.39 is 5.82 Å². The summed E-state index contributed by atoms with van der Waals surface area (Å²) in [6, 6.07) is 12.2. The van der Waals surface area contributed by atoms with Crippen LogP contribution in [0.5, 0.6) is 0 Å². The van der Waals surface area contributed by atoms with E-state index >= 15 is 0 Å². The number of hydrogen-bond donors (Lipinski definition) is 1. The molecule has 1 aliphatic heterocycles. The van der Waals surface area contributed by atoms with Gasteiger partial charge in [0.1, 0.15) is 11.6 Å². The van der Waals surface area contributed by atoms with Crippen LogP contribution in [0.4, 0.5) is 4.39 Å². The van der Waals surface area contributed by atoms with Crippen LogP contribution in [0.3, 0.4) is 0 Å². The van der Waals surface area contributed by atoms with E-state index in [1.165, 1.54) is 18.2 Å². The molecule has 1 amide bonds. The maximum absolute atomic E-state index is 13.2. The first-order valence-electron chi connectivity index (χ1n) is 8.50. The lowest BCUT2D eigenvalue weighted by atomic mass is 10.2. The maximum Gasteiger partial charge on any atom is 0.247 e. The number of fused-ring (bicyclic) bond motifs is 1. The van der Waals surface area contributed by atoms with Crippen molar-refractivity contribution in [1.29, 1.82) is 0 Å². The predicted octanol–water partition coefficient (Wildman–Crippen LogP) is 4.73. The van der Waals surface area contributed by atoms with Crippen molar-refractivity contribution >= 4 is 34.6 Å². The minimum absolute atomic E-state index is 0.0425. The molecule has 4 rings (SSSR count). The smallest absolute Gasteiger partial charge is 0.247 e. The van der Waals surface area contributed by atoms with Crippen LogP contribution < -0.4 is 0 Å². The Kier molecular flexibility index (Phi) is 4.47. The Hall–Kier alpha value is -2.66. The third kappa shape index (κ3) is 3.22. The highest BCUT2D eigenvalue weighted by molar-refractivity contribution is 6.30. The molecule has 132 valence electrons. The van der Waals surface area contributed by atoms with Crippen LogP contribution in [0.2, 0.25) is 5.02 Å². The first kappa shape index (κ1) is 16.8. The molecule has 26 heavy (non-hydrogen) atoms. The van der Waals surface area contributed by atoms with Gasteiger partial charge in [0.05, 0.1) is 22.1 Å². The Balaban J connectivity index is 1.54. The van der Waals surface area contributed by atoms with Crippen molar-refractivity contribution in [3.63, 3.8) is 0 Å². The molecule has 0 bridgehead atoms. The van der Waals surface area contributed by atoms with Crippen LogP contribution in [-0.4, -0.2) is 27.3 Å². The van der Waals surface area contributed by atoms with Gasteiger partial charge in [0, 0.05) is 12.6 Å². The number of halogens is 2. The zero-order valence-corrected chi connectivity index (χ0v) is 14.7. The highest BCUT2D eigenvalue weighted by Crippen LogP contribution is 2.31. The summed E-state index contributed by atoms with van der Waals surface area (Å²) in [7, 11) is 0. The monoisotopic (exact) mass is 369 g/mol. The number of amides is 1. The number of H-pyrrole nitrogens is 1. The molecule has 1 atom stereocenters. The molecule has 1 fully saturated rings. The number of aromatic amines is 1. The Morgan fingerprint density at radius 1 is 1.31 bits per heavy atom. The van der Waals surface area contributed by atoms with Crippen LogP contribution in [0.15, 0.2) is 48.5 Å². The van der Waals surface area contributed by atoms with Gasteiger partial charge in [-0.3, -0.25) is 4.79 Å². The first-order valence-corrected chi connectivity index (χ1v) is 8.88. The molecule has 0 spiro atoms. The molecule has 1 aromatic heterocycles. The number of hydrogen-bond acceptors (Lipinski definition) is 2. The molecular formula is C20H17ClFN3O. The van der Waals surface area contributed by atoms with E-state index in [-0.39, 0.29) is 17.0 Å². The van der Waals surface area contributed by atoms with E-state index in [2.05, 4.69) is 9.97 Å². The number of imidazole rings is 1. The van der Waals surface area contributed by atoms with Gasteiger partial charge in [0.25, 0.3) is 0 Å². The molecule has 2 heterocycles. The third-order valence-corrected chi connectivity index (χ3v) is 4.91. The van der Waals surface area contributed by atoms with E-state index in [9.17, 15) is 9.18 Å². The van der Waals surface area contributed by atoms with Crippen LogP contribution in [0.25, 0.3) is 17.1 Å². The molecular weight excluding hydrogens is 353 g/mol. The summed E-state index contributed by atoms with van der Waals surface area (Å²) < 4.78 is 13.2. The topological polar surface area (TPSA) is 49.0 Å². The SMILES string of the molecule is O=C(C=Cc1ccc(F)c(Cl)c1)N1CCCC1c1nc2ccccc2[nH]1. The molecule has 0 saturated carbocycles. The number of benzene rings is 2. The van der Waals surface area contributed by atoms with E-state index in [1.54, 1.807) is 12.1 Å². The fraction of sp³-hybridized carbons (Fsp3) is 0.200. The van der Waals surface area contributed by atoms with Crippen molar-refractivity contribution in [2.75, 3.05) is 6.54 Å². The number of nitrogens with zero attached hydrogens (tertiary/aromatic N) is 2. The molecule has 0 radical (unpaired) electrons. The lowest BCUT2D eigenvalue weighted by Gasteiger charge is -2.21. The molecule has 4 nitrogen and oxygen atoms in total. The fourth-order valence-electron chi connectivity index (χ4n) is 3.32. The zero-order chi connectivity index (χ0) is 18.1. The van der Waals surface area contributed by atoms with Crippen LogP contribution in [0.1, 0.15) is 30.3 Å². The minimum atomic E-state index is -0.473. The van der Waals surface area contributed by atoms with Gasteiger partial charge in [-0.05, 0) is 48.7 Å². The van der Waals surface area contributed by atoms with Crippen molar-refractivity contribution in [2.45, 2.75) is 18.9 Å². The Morgan fingerprint density at radius 2 is 2.15 bits per heavy atom. The van der Waals surface area contributed by atoms with Gasteiger partial charge in [-0.2, -0.15) is 0 Å². The van der Waals surface area contributed by atoms with Gasteiger partial charge >= 0.3 is 0 Å². The quantitative estimate of drug-likeness (QED) is 0.678. The Morgan fingerprint density at radius 3 is 2.96 bits per heavy atom. The molecule has 1 unspecified atom stereocenters. The summed E-state index contributed by atoms with van der Waals surface area (Å²) in [6.07, 6.45) is 4.97. The molecule has 1 aliphatic rings. The maximum atomic E-state index is 13.2. The summed E-state index contributed by atoms with van der Waals surface area (Å²) in [5.41, 5.74) is 2.56. The molecule has 2 aromatic carbocycles. The molecule has 1 saturated heterocycles. The lowest BCUT2D eigenvalue weighted by molar-refractivity contribution is -0.126. The van der Waals surface area contributed by atoms with Gasteiger partial charge in [-0.15, -0.1) is 0 Å². The second-order valence-electron chi connectivity index (χ2n) is 6.34. The van der Waals surface area contributed by atoms with Gasteiger partial charge < -0.3 is 9.88 Å². The van der Waals surface area contributed by atoms with E-state index in [0.29, 0.717) is 12.1 Å². The highest BCUT2D eigenvalue weighted by Gasteiger charge is 2.31.